The number of aliphatic carboxylic acids is 1. The van der Waals surface area contributed by atoms with Crippen LogP contribution in [0.15, 0.2) is 30.3 Å². The van der Waals surface area contributed by atoms with Crippen LogP contribution in [0.3, 0.4) is 0 Å². The highest BCUT2D eigenvalue weighted by Gasteiger charge is 2.51. The van der Waals surface area contributed by atoms with Crippen molar-refractivity contribution in [3.63, 3.8) is 0 Å². The highest BCUT2D eigenvalue weighted by Crippen LogP contribution is 2.35. The van der Waals surface area contributed by atoms with Gasteiger partial charge in [0.1, 0.15) is 24.4 Å². The van der Waals surface area contributed by atoms with E-state index in [9.17, 15) is 19.8 Å². The number of nitrogens with one attached hydrogen (secondary N) is 1. The van der Waals surface area contributed by atoms with Gasteiger partial charge in [-0.25, -0.2) is 4.79 Å². The van der Waals surface area contributed by atoms with Gasteiger partial charge in [-0.1, -0.05) is 30.3 Å². The van der Waals surface area contributed by atoms with Gasteiger partial charge in [-0.15, -0.1) is 0 Å². The third-order valence-electron chi connectivity index (χ3n) is 4.51. The maximum absolute atomic E-state index is 11.6. The summed E-state index contributed by atoms with van der Waals surface area (Å²) in [6.45, 7) is 2.78. The Hall–Kier alpha value is -2.04. The minimum atomic E-state index is -1.39. The van der Waals surface area contributed by atoms with Crippen molar-refractivity contribution in [1.82, 2.24) is 5.32 Å². The first-order valence-corrected chi connectivity index (χ1v) is 8.67. The molecule has 2 aliphatic rings. The Bertz CT molecular complexity index is 669. The molecule has 2 aliphatic heterocycles. The minimum Gasteiger partial charge on any atom is -0.479 e. The van der Waals surface area contributed by atoms with E-state index in [0.717, 1.165) is 5.56 Å². The normalized spacial score (nSPS) is 34.3. The van der Waals surface area contributed by atoms with Crippen LogP contribution in [-0.2, 0) is 28.5 Å². The van der Waals surface area contributed by atoms with Gasteiger partial charge in [0.2, 0.25) is 5.91 Å². The summed E-state index contributed by atoms with van der Waals surface area (Å²) in [5.41, 5.74) is 0.781. The van der Waals surface area contributed by atoms with Crippen LogP contribution in [0.25, 0.3) is 0 Å². The van der Waals surface area contributed by atoms with Crippen molar-refractivity contribution >= 4 is 11.9 Å². The van der Waals surface area contributed by atoms with Gasteiger partial charge < -0.3 is 34.5 Å². The summed E-state index contributed by atoms with van der Waals surface area (Å²) in [6.07, 6.45) is -5.61. The van der Waals surface area contributed by atoms with Gasteiger partial charge >= 0.3 is 5.97 Å². The monoisotopic (exact) mass is 381 g/mol. The van der Waals surface area contributed by atoms with Gasteiger partial charge in [0.25, 0.3) is 0 Å². The Kier molecular flexibility index (Phi) is 6.08. The molecule has 3 rings (SSSR count). The number of aliphatic hydroxyl groups excluding tert-OH is 1. The molecule has 9 heteroatoms. The lowest BCUT2D eigenvalue weighted by atomic mass is 9.95. The summed E-state index contributed by atoms with van der Waals surface area (Å²) in [5.74, 6) is -1.58. The number of fused-ring (bicyclic) bond motifs is 1. The average molecular weight is 381 g/mol. The molecule has 0 aliphatic carbocycles. The van der Waals surface area contributed by atoms with Gasteiger partial charge in [0.05, 0.1) is 6.61 Å². The lowest BCUT2D eigenvalue weighted by Crippen LogP contribution is -2.67. The van der Waals surface area contributed by atoms with E-state index in [2.05, 4.69) is 5.32 Å². The van der Waals surface area contributed by atoms with E-state index >= 15 is 0 Å². The predicted molar refractivity (Wildman–Crippen MR) is 90.5 cm³/mol. The fraction of sp³-hybridized carbons (Fsp3) is 0.556. The van der Waals surface area contributed by atoms with E-state index in [1.54, 1.807) is 0 Å². The topological polar surface area (TPSA) is 124 Å². The number of carboxylic acid groups (broad SMARTS) is 1. The maximum Gasteiger partial charge on any atom is 0.332 e. The average Bonchev–Trinajstić information content (AvgIpc) is 2.64. The molecule has 9 nitrogen and oxygen atoms in total. The maximum atomic E-state index is 11.6. The number of hydrogen-bond acceptors (Lipinski definition) is 7. The molecule has 1 aromatic rings. The highest BCUT2D eigenvalue weighted by molar-refractivity contribution is 5.73. The molecular weight excluding hydrogens is 358 g/mol. The second kappa shape index (κ2) is 8.32. The summed E-state index contributed by atoms with van der Waals surface area (Å²) in [5, 5.41) is 22.0. The van der Waals surface area contributed by atoms with E-state index in [0.29, 0.717) is 0 Å². The molecule has 2 saturated heterocycles. The van der Waals surface area contributed by atoms with E-state index in [1.165, 1.54) is 13.8 Å². The van der Waals surface area contributed by atoms with Gasteiger partial charge in [0.15, 0.2) is 18.7 Å². The zero-order valence-electron chi connectivity index (χ0n) is 15.0. The van der Waals surface area contributed by atoms with Crippen LogP contribution in [0.2, 0.25) is 0 Å². The molecule has 0 unspecified atom stereocenters. The van der Waals surface area contributed by atoms with Crippen LogP contribution in [0.1, 0.15) is 25.7 Å². The Morgan fingerprint density at radius 1 is 1.26 bits per heavy atom. The molecular formula is C18H23NO8. The molecule has 3 N–H and O–H groups in total. The van der Waals surface area contributed by atoms with E-state index in [4.69, 9.17) is 18.9 Å². The number of ether oxygens (including phenoxy) is 4. The fourth-order valence-corrected chi connectivity index (χ4v) is 3.21. The SMILES string of the molecule is CC(=O)N[C@H]1[C@H](O[C@H](C)C(=O)O)[C@@H]2O[C@@H](c3ccccc3)OC[C@@H]2O[C@H]1O. The molecule has 0 saturated carbocycles. The molecule has 0 aromatic heterocycles. The third kappa shape index (κ3) is 4.45. The van der Waals surface area contributed by atoms with Gasteiger partial charge in [-0.2, -0.15) is 0 Å². The molecule has 1 amide bonds. The lowest BCUT2D eigenvalue weighted by Gasteiger charge is -2.48. The van der Waals surface area contributed by atoms with Gasteiger partial charge in [0, 0.05) is 12.5 Å². The number of carboxylic acids is 1. The summed E-state index contributed by atoms with van der Waals surface area (Å²) >= 11 is 0. The third-order valence-corrected chi connectivity index (χ3v) is 4.51. The predicted octanol–water partition coefficient (Wildman–Crippen LogP) is 0.181. The second-order valence-corrected chi connectivity index (χ2v) is 6.55. The summed E-state index contributed by atoms with van der Waals surface area (Å²) in [7, 11) is 0. The number of benzene rings is 1. The van der Waals surface area contributed by atoms with Gasteiger partial charge in [-0.05, 0) is 6.92 Å². The molecule has 27 heavy (non-hydrogen) atoms. The number of carbonyl (C=O) groups excluding carboxylic acids is 1. The molecule has 0 spiro atoms. The molecule has 2 heterocycles. The van der Waals surface area contributed by atoms with Crippen LogP contribution in [0.5, 0.6) is 0 Å². The molecule has 7 atom stereocenters. The minimum absolute atomic E-state index is 0.120. The van der Waals surface area contributed by atoms with Crippen LogP contribution in [0, 0.1) is 0 Å². The summed E-state index contributed by atoms with van der Waals surface area (Å²) < 4.78 is 22.9. The Labute approximate surface area is 156 Å². The van der Waals surface area contributed by atoms with E-state index in [1.807, 2.05) is 30.3 Å². The van der Waals surface area contributed by atoms with Crippen LogP contribution in [-0.4, -0.2) is 65.4 Å². The highest BCUT2D eigenvalue weighted by atomic mass is 16.7. The Balaban J connectivity index is 1.85. The van der Waals surface area contributed by atoms with Crippen molar-refractivity contribution in [1.29, 1.82) is 0 Å². The first-order valence-electron chi connectivity index (χ1n) is 8.67. The van der Waals surface area contributed by atoms with Crippen molar-refractivity contribution in [2.24, 2.45) is 0 Å². The van der Waals surface area contributed by atoms with Crippen LogP contribution in [0.4, 0.5) is 0 Å². The summed E-state index contributed by atoms with van der Waals surface area (Å²) in [4.78, 5) is 22.8. The lowest BCUT2D eigenvalue weighted by molar-refractivity contribution is -0.344. The number of aliphatic hydroxyl groups is 1. The molecule has 1 aromatic carbocycles. The molecule has 148 valence electrons. The number of amides is 1. The number of carbonyl (C=O) groups is 2. The molecule has 0 radical (unpaired) electrons. The Morgan fingerprint density at radius 2 is 1.96 bits per heavy atom. The standard InChI is InChI=1S/C18H23NO8/c1-9(16(21)22)25-15-13(19-10(2)20)17(23)26-12-8-24-18(27-14(12)15)11-6-4-3-5-7-11/h3-7,9,12-15,17-18,23H,8H2,1-2H3,(H,19,20)(H,21,22)/t9-,12+,13+,14-,15+,17-,18+/m1/s1. The Morgan fingerprint density at radius 3 is 2.59 bits per heavy atom. The van der Waals surface area contributed by atoms with Crippen LogP contribution < -0.4 is 5.32 Å². The first kappa shape index (κ1) is 19.7. The zero-order valence-corrected chi connectivity index (χ0v) is 15.0. The molecule has 0 bridgehead atoms. The van der Waals surface area contributed by atoms with E-state index in [-0.39, 0.29) is 6.61 Å². The van der Waals surface area contributed by atoms with E-state index < -0.39 is 54.9 Å². The van der Waals surface area contributed by atoms with Crippen molar-refractivity contribution in [3.8, 4) is 0 Å². The second-order valence-electron chi connectivity index (χ2n) is 6.55. The number of rotatable bonds is 5. The fourth-order valence-electron chi connectivity index (χ4n) is 3.21. The smallest absolute Gasteiger partial charge is 0.332 e. The largest absolute Gasteiger partial charge is 0.479 e. The first-order chi connectivity index (χ1) is 12.9. The zero-order chi connectivity index (χ0) is 19.6. The van der Waals surface area contributed by atoms with Crippen molar-refractivity contribution in [2.45, 2.75) is 56.9 Å². The number of hydrogen-bond donors (Lipinski definition) is 3. The van der Waals surface area contributed by atoms with Gasteiger partial charge in [-0.3, -0.25) is 4.79 Å². The van der Waals surface area contributed by atoms with Crippen molar-refractivity contribution in [2.75, 3.05) is 6.61 Å². The quantitative estimate of drug-likeness (QED) is 0.660. The summed E-state index contributed by atoms with van der Waals surface area (Å²) in [6, 6.07) is 8.24. The van der Waals surface area contributed by atoms with Crippen molar-refractivity contribution in [3.05, 3.63) is 35.9 Å². The van der Waals surface area contributed by atoms with Crippen LogP contribution >= 0.6 is 0 Å². The molecule has 2 fully saturated rings. The van der Waals surface area contributed by atoms with Crippen molar-refractivity contribution < 1.29 is 38.7 Å².